The monoisotopic (exact) mass is 799 g/mol. The van der Waals surface area contributed by atoms with Crippen LogP contribution >= 0.6 is 0 Å². The highest BCUT2D eigenvalue weighted by Gasteiger charge is 2.54. The number of nitrogens with zero attached hydrogens (tertiary/aromatic N) is 1. The summed E-state index contributed by atoms with van der Waals surface area (Å²) in [5, 5.41) is 0. The Hall–Kier alpha value is -8.00. The van der Waals surface area contributed by atoms with Gasteiger partial charge in [0.25, 0.3) is 0 Å². The summed E-state index contributed by atoms with van der Waals surface area (Å²) < 4.78 is 0. The van der Waals surface area contributed by atoms with Gasteiger partial charge in [-0.25, -0.2) is 0 Å². The lowest BCUT2D eigenvalue weighted by molar-refractivity contribution is 0.729. The lowest BCUT2D eigenvalue weighted by Gasteiger charge is -2.48. The van der Waals surface area contributed by atoms with Gasteiger partial charge in [0.2, 0.25) is 0 Å². The van der Waals surface area contributed by atoms with E-state index in [1.807, 2.05) is 0 Å². The lowest BCUT2D eigenvalue weighted by atomic mass is 9.61. The molecule has 0 radical (unpaired) electrons. The predicted molar refractivity (Wildman–Crippen MR) is 260 cm³/mol. The fourth-order valence-electron chi connectivity index (χ4n) is 11.7. The maximum absolute atomic E-state index is 2.62. The summed E-state index contributed by atoms with van der Waals surface area (Å²) in [6.07, 6.45) is 0. The van der Waals surface area contributed by atoms with Crippen molar-refractivity contribution in [3.63, 3.8) is 0 Å². The van der Waals surface area contributed by atoms with Gasteiger partial charge in [0, 0.05) is 5.56 Å². The van der Waals surface area contributed by atoms with E-state index in [1.165, 1.54) is 106 Å². The largest absolute Gasteiger partial charge is 0.309 e. The molecule has 0 fully saturated rings. The molecular formula is C62H41N. The van der Waals surface area contributed by atoms with Crippen molar-refractivity contribution in [3.05, 3.63) is 293 Å². The Kier molecular flexibility index (Phi) is 7.80. The van der Waals surface area contributed by atoms with Crippen molar-refractivity contribution >= 4 is 17.1 Å². The summed E-state index contributed by atoms with van der Waals surface area (Å²) in [6, 6.07) is 93.0. The van der Waals surface area contributed by atoms with E-state index in [0.717, 1.165) is 0 Å². The van der Waals surface area contributed by atoms with Crippen molar-refractivity contribution in [1.29, 1.82) is 0 Å². The Morgan fingerprint density at radius 3 is 1.08 bits per heavy atom. The highest BCUT2D eigenvalue weighted by molar-refractivity contribution is 6.01. The Morgan fingerprint density at radius 1 is 0.238 bits per heavy atom. The molecule has 0 saturated heterocycles. The van der Waals surface area contributed by atoms with Crippen LogP contribution in [0.3, 0.4) is 0 Å². The second-order valence-corrected chi connectivity index (χ2v) is 17.1. The van der Waals surface area contributed by atoms with Crippen LogP contribution in [0.4, 0.5) is 17.1 Å². The molecule has 1 nitrogen and oxygen atoms in total. The van der Waals surface area contributed by atoms with Gasteiger partial charge in [-0.15, -0.1) is 0 Å². The number of fused-ring (bicyclic) bond motifs is 12. The summed E-state index contributed by atoms with van der Waals surface area (Å²) in [5.41, 5.74) is 22.5. The van der Waals surface area contributed by atoms with Crippen LogP contribution in [0.2, 0.25) is 0 Å². The van der Waals surface area contributed by atoms with Gasteiger partial charge < -0.3 is 4.90 Å². The van der Waals surface area contributed by atoms with Gasteiger partial charge in [-0.2, -0.15) is 0 Å². The Balaban J connectivity index is 1.20. The molecule has 294 valence electrons. The van der Waals surface area contributed by atoms with E-state index in [1.54, 1.807) is 0 Å². The third kappa shape index (κ3) is 4.88. The highest BCUT2D eigenvalue weighted by atomic mass is 15.2. The van der Waals surface area contributed by atoms with Crippen LogP contribution < -0.4 is 4.90 Å². The van der Waals surface area contributed by atoms with E-state index in [0.29, 0.717) is 0 Å². The molecule has 13 rings (SSSR count). The number of hydrogen-bond donors (Lipinski definition) is 0. The fourth-order valence-corrected chi connectivity index (χ4v) is 11.7. The third-order valence-corrected chi connectivity index (χ3v) is 14.1. The van der Waals surface area contributed by atoms with Gasteiger partial charge in [-0.05, 0) is 114 Å². The third-order valence-electron chi connectivity index (χ3n) is 14.1. The predicted octanol–water partition coefficient (Wildman–Crippen LogP) is 15.5. The molecule has 0 amide bonds. The zero-order valence-electron chi connectivity index (χ0n) is 34.6. The molecule has 10 aromatic carbocycles. The molecule has 1 heterocycles. The van der Waals surface area contributed by atoms with E-state index in [4.69, 9.17) is 0 Å². The maximum atomic E-state index is 2.62. The number of hydrogen-bond acceptors (Lipinski definition) is 1. The Morgan fingerprint density at radius 2 is 0.619 bits per heavy atom. The van der Waals surface area contributed by atoms with Crippen molar-refractivity contribution in [2.45, 2.75) is 10.8 Å². The average Bonchev–Trinajstić information content (AvgIpc) is 3.84. The maximum Gasteiger partial charge on any atom is 0.0746 e. The van der Waals surface area contributed by atoms with Gasteiger partial charge in [0.15, 0.2) is 0 Å². The second-order valence-electron chi connectivity index (χ2n) is 17.1. The summed E-state index contributed by atoms with van der Waals surface area (Å²) in [6.45, 7) is 0. The van der Waals surface area contributed by atoms with Crippen LogP contribution in [0.15, 0.2) is 249 Å². The highest BCUT2D eigenvalue weighted by Crippen LogP contribution is 2.67. The molecule has 3 aliphatic rings. The van der Waals surface area contributed by atoms with E-state index in [-0.39, 0.29) is 0 Å². The Bertz CT molecular complexity index is 3190. The zero-order valence-corrected chi connectivity index (χ0v) is 34.6. The van der Waals surface area contributed by atoms with Crippen molar-refractivity contribution in [2.75, 3.05) is 4.90 Å². The quantitative estimate of drug-likeness (QED) is 0.168. The smallest absolute Gasteiger partial charge is 0.0746 e. The van der Waals surface area contributed by atoms with Crippen LogP contribution in [0.5, 0.6) is 0 Å². The first kappa shape index (κ1) is 35.7. The molecule has 63 heavy (non-hydrogen) atoms. The first-order valence-electron chi connectivity index (χ1n) is 22.0. The molecular weight excluding hydrogens is 759 g/mol. The molecule has 0 aromatic heterocycles. The number of rotatable bonds is 5. The minimum absolute atomic E-state index is 0.530. The van der Waals surface area contributed by atoms with Crippen LogP contribution in [-0.4, -0.2) is 0 Å². The van der Waals surface area contributed by atoms with Gasteiger partial charge in [0.1, 0.15) is 0 Å². The second kappa shape index (κ2) is 13.8. The van der Waals surface area contributed by atoms with Crippen LogP contribution in [0.1, 0.15) is 44.5 Å². The van der Waals surface area contributed by atoms with Crippen LogP contribution in [0.25, 0.3) is 44.5 Å². The van der Waals surface area contributed by atoms with E-state index in [9.17, 15) is 0 Å². The molecule has 0 saturated carbocycles. The van der Waals surface area contributed by atoms with Gasteiger partial charge in [-0.3, -0.25) is 0 Å². The average molecular weight is 800 g/mol. The summed E-state index contributed by atoms with van der Waals surface area (Å²) in [5.74, 6) is 0. The van der Waals surface area contributed by atoms with Crippen molar-refractivity contribution in [2.24, 2.45) is 0 Å². The molecule has 0 unspecified atom stereocenters. The van der Waals surface area contributed by atoms with Gasteiger partial charge >= 0.3 is 0 Å². The summed E-state index contributed by atoms with van der Waals surface area (Å²) in [4.78, 5) is 2.62. The van der Waals surface area contributed by atoms with Crippen molar-refractivity contribution < 1.29 is 0 Å². The molecule has 1 heteroatoms. The van der Waals surface area contributed by atoms with E-state index < -0.39 is 10.8 Å². The molecule has 10 aromatic rings. The summed E-state index contributed by atoms with van der Waals surface area (Å²) >= 11 is 0. The normalized spacial score (nSPS) is 14.3. The molecule has 0 atom stereocenters. The standard InChI is InChI=1S/C62H41N/c1-5-20-42(21-6-1)44-36-38-57-55(40-44)61(46-24-9-3-10-25-46,47-26-11-4-12-27-47)56-41-45(43-22-7-2-8-23-43)37-39-58(56)63(57)59-35-19-31-51-50-30-15-18-34-54(50)62(60(51)59)52-32-16-13-28-48(52)49-29-14-17-33-53(49)62/h1-41H. The minimum atomic E-state index is -0.676. The van der Waals surface area contributed by atoms with Gasteiger partial charge in [-0.1, -0.05) is 218 Å². The Labute approximate surface area is 368 Å². The fraction of sp³-hybridized carbons (Fsp3) is 0.0323. The SMILES string of the molecule is c1ccc(-c2ccc3c(c2)C(c2ccccc2)(c2ccccc2)c2cc(-c4ccccc4)ccc2N3c2cccc3c2C2(c4ccccc4-c4ccccc42)c2ccccc2-3)cc1. The van der Waals surface area contributed by atoms with Crippen LogP contribution in [-0.2, 0) is 10.8 Å². The molecule has 0 bridgehead atoms. The van der Waals surface area contributed by atoms with E-state index >= 15 is 0 Å². The number of anilines is 3. The minimum Gasteiger partial charge on any atom is -0.309 e. The molecule has 0 N–H and O–H groups in total. The van der Waals surface area contributed by atoms with Gasteiger partial charge in [0.05, 0.1) is 27.9 Å². The number of benzene rings is 10. The van der Waals surface area contributed by atoms with Crippen LogP contribution in [0, 0.1) is 0 Å². The molecule has 1 aliphatic heterocycles. The molecule has 2 aliphatic carbocycles. The summed E-state index contributed by atoms with van der Waals surface area (Å²) in [7, 11) is 0. The first-order chi connectivity index (χ1) is 31.3. The van der Waals surface area contributed by atoms with Crippen molar-refractivity contribution in [3.8, 4) is 44.5 Å². The topological polar surface area (TPSA) is 3.24 Å². The zero-order chi connectivity index (χ0) is 41.5. The van der Waals surface area contributed by atoms with E-state index in [2.05, 4.69) is 254 Å². The van der Waals surface area contributed by atoms with Crippen molar-refractivity contribution in [1.82, 2.24) is 0 Å². The lowest BCUT2D eigenvalue weighted by Crippen LogP contribution is -2.38. The first-order valence-corrected chi connectivity index (χ1v) is 22.0. The molecule has 1 spiro atoms.